The zero-order chi connectivity index (χ0) is 15.9. The third-order valence-corrected chi connectivity index (χ3v) is 3.88. The summed E-state index contributed by atoms with van der Waals surface area (Å²) in [4.78, 5) is 16.0. The topological polar surface area (TPSA) is 70.7 Å². The van der Waals surface area contributed by atoms with Crippen molar-refractivity contribution in [1.29, 1.82) is 0 Å². The number of nitrogens with zero attached hydrogens (tertiary/aromatic N) is 2. The molecule has 2 aromatic rings. The Hall–Kier alpha value is -1.89. The van der Waals surface area contributed by atoms with Gasteiger partial charge in [-0.1, -0.05) is 43.8 Å². The number of aromatic amines is 1. The lowest BCUT2D eigenvalue weighted by Crippen LogP contribution is -2.27. The molecule has 0 saturated carbocycles. The van der Waals surface area contributed by atoms with Crippen LogP contribution >= 0.6 is 11.8 Å². The van der Waals surface area contributed by atoms with Crippen LogP contribution in [0.25, 0.3) is 0 Å². The SMILES string of the molecule is CC(C)c1nc(SCC(=O)NCCc2ccccc2F)n[nH]1. The zero-order valence-corrected chi connectivity index (χ0v) is 13.4. The van der Waals surface area contributed by atoms with E-state index in [1.165, 1.54) is 17.8 Å². The molecule has 5 nitrogen and oxygen atoms in total. The second kappa shape index (κ2) is 7.93. The molecule has 7 heteroatoms. The number of hydrogen-bond donors (Lipinski definition) is 2. The number of amides is 1. The molecule has 0 fully saturated rings. The molecule has 2 rings (SSSR count). The van der Waals surface area contributed by atoms with Crippen molar-refractivity contribution in [2.45, 2.75) is 31.3 Å². The summed E-state index contributed by atoms with van der Waals surface area (Å²) in [7, 11) is 0. The fourth-order valence-electron chi connectivity index (χ4n) is 1.80. The van der Waals surface area contributed by atoms with Crippen LogP contribution in [0.4, 0.5) is 4.39 Å². The van der Waals surface area contributed by atoms with Crippen molar-refractivity contribution < 1.29 is 9.18 Å². The van der Waals surface area contributed by atoms with Crippen molar-refractivity contribution in [2.24, 2.45) is 0 Å². The van der Waals surface area contributed by atoms with E-state index < -0.39 is 0 Å². The summed E-state index contributed by atoms with van der Waals surface area (Å²) in [6.45, 7) is 4.44. The molecule has 1 aromatic heterocycles. The second-order valence-electron chi connectivity index (χ2n) is 5.14. The molecule has 1 heterocycles. The molecule has 0 unspecified atom stereocenters. The van der Waals surface area contributed by atoms with Crippen LogP contribution in [0.2, 0.25) is 0 Å². The van der Waals surface area contributed by atoms with Gasteiger partial charge in [0.2, 0.25) is 11.1 Å². The van der Waals surface area contributed by atoms with Crippen LogP contribution in [0.3, 0.4) is 0 Å². The molecule has 1 aromatic carbocycles. The first-order chi connectivity index (χ1) is 10.6. The molecular weight excluding hydrogens is 303 g/mol. The fourth-order valence-corrected chi connectivity index (χ4v) is 2.44. The highest BCUT2D eigenvalue weighted by Gasteiger charge is 2.09. The van der Waals surface area contributed by atoms with E-state index in [0.717, 1.165) is 5.82 Å². The molecule has 0 aliphatic heterocycles. The van der Waals surface area contributed by atoms with Gasteiger partial charge in [-0.25, -0.2) is 9.37 Å². The van der Waals surface area contributed by atoms with E-state index in [-0.39, 0.29) is 23.4 Å². The normalized spacial score (nSPS) is 10.9. The number of rotatable bonds is 7. The van der Waals surface area contributed by atoms with E-state index >= 15 is 0 Å². The van der Waals surface area contributed by atoms with Gasteiger partial charge in [0.05, 0.1) is 5.75 Å². The first-order valence-corrected chi connectivity index (χ1v) is 8.10. The van der Waals surface area contributed by atoms with Crippen molar-refractivity contribution in [3.63, 3.8) is 0 Å². The maximum absolute atomic E-state index is 13.4. The summed E-state index contributed by atoms with van der Waals surface area (Å²) >= 11 is 1.28. The number of benzene rings is 1. The van der Waals surface area contributed by atoms with Gasteiger partial charge in [-0.3, -0.25) is 9.89 Å². The fraction of sp³-hybridized carbons (Fsp3) is 0.400. The Kier molecular flexibility index (Phi) is 5.94. The molecule has 0 atom stereocenters. The van der Waals surface area contributed by atoms with Crippen LogP contribution in [-0.4, -0.2) is 33.4 Å². The van der Waals surface area contributed by atoms with E-state index in [2.05, 4.69) is 20.5 Å². The summed E-state index contributed by atoms with van der Waals surface area (Å²) in [5.41, 5.74) is 0.603. The minimum Gasteiger partial charge on any atom is -0.355 e. The molecule has 0 aliphatic carbocycles. The Morgan fingerprint density at radius 1 is 1.41 bits per heavy atom. The van der Waals surface area contributed by atoms with Crippen molar-refractivity contribution in [2.75, 3.05) is 12.3 Å². The molecular formula is C15H19FN4OS. The highest BCUT2D eigenvalue weighted by atomic mass is 32.2. The van der Waals surface area contributed by atoms with E-state index in [0.29, 0.717) is 23.7 Å². The summed E-state index contributed by atoms with van der Waals surface area (Å²) in [6, 6.07) is 6.57. The molecule has 0 spiro atoms. The van der Waals surface area contributed by atoms with E-state index in [1.807, 2.05) is 13.8 Å². The number of hydrogen-bond acceptors (Lipinski definition) is 4. The predicted molar refractivity (Wildman–Crippen MR) is 84.3 cm³/mol. The maximum Gasteiger partial charge on any atom is 0.230 e. The van der Waals surface area contributed by atoms with Crippen molar-refractivity contribution in [3.8, 4) is 0 Å². The van der Waals surface area contributed by atoms with Crippen LogP contribution in [0.5, 0.6) is 0 Å². The minimum atomic E-state index is -0.243. The lowest BCUT2D eigenvalue weighted by Gasteiger charge is -2.05. The Morgan fingerprint density at radius 3 is 2.86 bits per heavy atom. The van der Waals surface area contributed by atoms with Gasteiger partial charge < -0.3 is 5.32 Å². The van der Waals surface area contributed by atoms with Gasteiger partial charge in [-0.05, 0) is 18.1 Å². The van der Waals surface area contributed by atoms with E-state index in [4.69, 9.17) is 0 Å². The highest BCUT2D eigenvalue weighted by molar-refractivity contribution is 7.99. The summed E-state index contributed by atoms with van der Waals surface area (Å²) in [5.74, 6) is 0.969. The maximum atomic E-state index is 13.4. The molecule has 0 radical (unpaired) electrons. The Bertz CT molecular complexity index is 630. The third-order valence-electron chi connectivity index (χ3n) is 3.04. The lowest BCUT2D eigenvalue weighted by atomic mass is 10.1. The molecule has 0 saturated heterocycles. The Morgan fingerprint density at radius 2 is 2.18 bits per heavy atom. The average Bonchev–Trinajstić information content (AvgIpc) is 2.96. The summed E-state index contributed by atoms with van der Waals surface area (Å²) in [6.07, 6.45) is 0.473. The van der Waals surface area contributed by atoms with Crippen LogP contribution in [-0.2, 0) is 11.2 Å². The van der Waals surface area contributed by atoms with Gasteiger partial charge in [0.1, 0.15) is 11.6 Å². The number of halogens is 1. The Balaban J connectivity index is 1.70. The van der Waals surface area contributed by atoms with Crippen LogP contribution in [0, 0.1) is 5.82 Å². The van der Waals surface area contributed by atoms with Crippen LogP contribution < -0.4 is 5.32 Å². The largest absolute Gasteiger partial charge is 0.355 e. The van der Waals surface area contributed by atoms with Gasteiger partial charge in [0.25, 0.3) is 0 Å². The van der Waals surface area contributed by atoms with Gasteiger partial charge in [0, 0.05) is 12.5 Å². The van der Waals surface area contributed by atoms with Gasteiger partial charge in [-0.2, -0.15) is 0 Å². The van der Waals surface area contributed by atoms with Crippen LogP contribution in [0.1, 0.15) is 31.2 Å². The second-order valence-corrected chi connectivity index (χ2v) is 6.08. The highest BCUT2D eigenvalue weighted by Crippen LogP contribution is 2.15. The monoisotopic (exact) mass is 322 g/mol. The zero-order valence-electron chi connectivity index (χ0n) is 12.6. The number of thioether (sulfide) groups is 1. The molecule has 0 aliphatic rings. The first-order valence-electron chi connectivity index (χ1n) is 7.11. The van der Waals surface area contributed by atoms with E-state index in [9.17, 15) is 9.18 Å². The molecule has 118 valence electrons. The number of carbonyl (C=O) groups excluding carboxylic acids is 1. The molecule has 0 bridgehead atoms. The number of H-pyrrole nitrogens is 1. The molecule has 22 heavy (non-hydrogen) atoms. The van der Waals surface area contributed by atoms with Gasteiger partial charge in [0.15, 0.2) is 0 Å². The predicted octanol–water partition coefficient (Wildman–Crippen LogP) is 2.52. The average molecular weight is 322 g/mol. The molecule has 2 N–H and O–H groups in total. The number of aromatic nitrogens is 3. The van der Waals surface area contributed by atoms with Gasteiger partial charge >= 0.3 is 0 Å². The van der Waals surface area contributed by atoms with Crippen molar-refractivity contribution in [3.05, 3.63) is 41.5 Å². The first kappa shape index (κ1) is 16.5. The Labute approximate surface area is 133 Å². The number of nitrogens with one attached hydrogen (secondary N) is 2. The van der Waals surface area contributed by atoms with Crippen LogP contribution in [0.15, 0.2) is 29.4 Å². The van der Waals surface area contributed by atoms with Crippen molar-refractivity contribution >= 4 is 17.7 Å². The summed E-state index contributed by atoms with van der Waals surface area (Å²) in [5, 5.41) is 10.2. The summed E-state index contributed by atoms with van der Waals surface area (Å²) < 4.78 is 13.4. The third kappa shape index (κ3) is 4.84. The van der Waals surface area contributed by atoms with E-state index in [1.54, 1.807) is 18.2 Å². The lowest BCUT2D eigenvalue weighted by molar-refractivity contribution is -0.118. The quantitative estimate of drug-likeness (QED) is 0.769. The smallest absolute Gasteiger partial charge is 0.230 e. The molecule has 1 amide bonds. The van der Waals surface area contributed by atoms with Gasteiger partial charge in [-0.15, -0.1) is 5.10 Å². The minimum absolute atomic E-state index is 0.114. The number of carbonyl (C=O) groups is 1. The van der Waals surface area contributed by atoms with Crippen molar-refractivity contribution in [1.82, 2.24) is 20.5 Å². The standard InChI is InChI=1S/C15H19FN4OS/c1-10(2)14-18-15(20-19-14)22-9-13(21)17-8-7-11-5-3-4-6-12(11)16/h3-6,10H,7-9H2,1-2H3,(H,17,21)(H,18,19,20).